The minimum absolute atomic E-state index is 0.0302. The largest absolute Gasteiger partial charge is 0.374 e. The molecule has 0 radical (unpaired) electrons. The highest BCUT2D eigenvalue weighted by molar-refractivity contribution is 5.94. The van der Waals surface area contributed by atoms with Gasteiger partial charge in [-0.2, -0.15) is 0 Å². The summed E-state index contributed by atoms with van der Waals surface area (Å²) in [6, 6.07) is 14.4. The molecular formula is C24H31FN2O2. The number of hydrogen-bond donors (Lipinski definition) is 0. The van der Waals surface area contributed by atoms with Crippen molar-refractivity contribution in [3.8, 4) is 0 Å². The highest BCUT2D eigenvalue weighted by atomic mass is 19.1. The molecule has 2 aromatic carbocycles. The number of morpholine rings is 1. The summed E-state index contributed by atoms with van der Waals surface area (Å²) in [6.07, 6.45) is -0.0302. The molecule has 5 heteroatoms. The van der Waals surface area contributed by atoms with Gasteiger partial charge in [0.15, 0.2) is 0 Å². The molecule has 1 aliphatic heterocycles. The molecule has 1 atom stereocenters. The summed E-state index contributed by atoms with van der Waals surface area (Å²) in [4.78, 5) is 17.3. The first-order valence-electron chi connectivity index (χ1n) is 10.3. The Morgan fingerprint density at radius 2 is 1.86 bits per heavy atom. The van der Waals surface area contributed by atoms with Crippen molar-refractivity contribution in [2.24, 2.45) is 5.92 Å². The number of hydrogen-bond acceptors (Lipinski definition) is 3. The van der Waals surface area contributed by atoms with Gasteiger partial charge in [-0.3, -0.25) is 9.69 Å². The quantitative estimate of drug-likeness (QED) is 0.703. The van der Waals surface area contributed by atoms with Gasteiger partial charge in [-0.05, 0) is 42.7 Å². The molecule has 1 aliphatic rings. The van der Waals surface area contributed by atoms with Crippen LogP contribution in [0.5, 0.6) is 0 Å². The van der Waals surface area contributed by atoms with E-state index in [4.69, 9.17) is 4.74 Å². The fourth-order valence-electron chi connectivity index (χ4n) is 3.69. The van der Waals surface area contributed by atoms with Crippen molar-refractivity contribution < 1.29 is 13.9 Å². The molecule has 4 nitrogen and oxygen atoms in total. The normalized spacial score (nSPS) is 17.5. The summed E-state index contributed by atoms with van der Waals surface area (Å²) in [5, 5.41) is 0. The third-order valence-electron chi connectivity index (χ3n) is 5.14. The Hall–Kier alpha value is -2.24. The molecular weight excluding hydrogens is 367 g/mol. The molecule has 1 heterocycles. The smallest absolute Gasteiger partial charge is 0.253 e. The van der Waals surface area contributed by atoms with Gasteiger partial charge in [-0.1, -0.05) is 43.7 Å². The first kappa shape index (κ1) is 21.5. The van der Waals surface area contributed by atoms with Crippen molar-refractivity contribution >= 4 is 5.91 Å². The minimum atomic E-state index is -0.215. The molecule has 0 unspecified atom stereocenters. The Bertz CT molecular complexity index is 790. The molecule has 1 saturated heterocycles. The molecule has 3 rings (SSSR count). The Balaban J connectivity index is 1.64. The van der Waals surface area contributed by atoms with Gasteiger partial charge in [-0.25, -0.2) is 4.39 Å². The molecule has 0 aliphatic carbocycles. The monoisotopic (exact) mass is 398 g/mol. The summed E-state index contributed by atoms with van der Waals surface area (Å²) in [5.74, 6) is 0.216. The van der Waals surface area contributed by atoms with Crippen LogP contribution in [-0.2, 0) is 11.3 Å². The maximum absolute atomic E-state index is 13.1. The van der Waals surface area contributed by atoms with Crippen molar-refractivity contribution in [1.29, 1.82) is 0 Å². The van der Waals surface area contributed by atoms with Gasteiger partial charge in [-0.15, -0.1) is 0 Å². The lowest BCUT2D eigenvalue weighted by Crippen LogP contribution is -2.49. The van der Waals surface area contributed by atoms with Gasteiger partial charge >= 0.3 is 0 Å². The van der Waals surface area contributed by atoms with E-state index in [2.05, 4.69) is 18.7 Å². The first-order chi connectivity index (χ1) is 13.9. The number of nitrogens with zero attached hydrogens (tertiary/aromatic N) is 2. The second-order valence-corrected chi connectivity index (χ2v) is 8.32. The second kappa shape index (κ2) is 9.99. The molecule has 1 amide bonds. The van der Waals surface area contributed by atoms with Gasteiger partial charge in [0, 0.05) is 38.3 Å². The highest BCUT2D eigenvalue weighted by Crippen LogP contribution is 2.15. The van der Waals surface area contributed by atoms with Crippen LogP contribution in [0.1, 0.15) is 35.3 Å². The number of benzene rings is 2. The van der Waals surface area contributed by atoms with Crippen LogP contribution in [0.3, 0.4) is 0 Å². The van der Waals surface area contributed by atoms with E-state index in [1.807, 2.05) is 48.2 Å². The molecule has 1 fully saturated rings. The van der Waals surface area contributed by atoms with E-state index >= 15 is 0 Å². The highest BCUT2D eigenvalue weighted by Gasteiger charge is 2.26. The van der Waals surface area contributed by atoms with Crippen molar-refractivity contribution in [2.45, 2.75) is 33.4 Å². The van der Waals surface area contributed by atoms with Gasteiger partial charge in [0.25, 0.3) is 5.91 Å². The van der Waals surface area contributed by atoms with E-state index in [1.54, 1.807) is 0 Å². The summed E-state index contributed by atoms with van der Waals surface area (Å²) >= 11 is 0. The fraction of sp³-hybridized carbons (Fsp3) is 0.458. The predicted octanol–water partition coefficient (Wildman–Crippen LogP) is 4.13. The maximum Gasteiger partial charge on any atom is 0.253 e. The van der Waals surface area contributed by atoms with Gasteiger partial charge in [0.05, 0.1) is 12.7 Å². The van der Waals surface area contributed by atoms with Gasteiger partial charge in [0.2, 0.25) is 0 Å². The maximum atomic E-state index is 13.1. The van der Waals surface area contributed by atoms with Crippen molar-refractivity contribution in [3.63, 3.8) is 0 Å². The van der Waals surface area contributed by atoms with Crippen LogP contribution < -0.4 is 0 Å². The third kappa shape index (κ3) is 6.38. The molecule has 0 bridgehead atoms. The Morgan fingerprint density at radius 1 is 1.17 bits per heavy atom. The lowest BCUT2D eigenvalue weighted by atomic mass is 10.1. The van der Waals surface area contributed by atoms with E-state index in [0.717, 1.165) is 36.3 Å². The number of carbonyl (C=O) groups is 1. The van der Waals surface area contributed by atoms with E-state index in [-0.39, 0.29) is 17.8 Å². The number of ether oxygens (including phenoxy) is 1. The van der Waals surface area contributed by atoms with Crippen molar-refractivity contribution in [2.75, 3.05) is 32.8 Å². The number of halogens is 1. The lowest BCUT2D eigenvalue weighted by Gasteiger charge is -2.36. The number of rotatable bonds is 7. The molecule has 0 spiro atoms. The minimum Gasteiger partial charge on any atom is -0.374 e. The van der Waals surface area contributed by atoms with Gasteiger partial charge < -0.3 is 9.64 Å². The Labute approximate surface area is 173 Å². The zero-order valence-electron chi connectivity index (χ0n) is 17.6. The van der Waals surface area contributed by atoms with Crippen LogP contribution in [-0.4, -0.2) is 54.6 Å². The zero-order valence-corrected chi connectivity index (χ0v) is 17.6. The summed E-state index contributed by atoms with van der Waals surface area (Å²) < 4.78 is 19.1. The number of carbonyl (C=O) groups excluding carboxylic acids is 1. The molecule has 0 aromatic heterocycles. The van der Waals surface area contributed by atoms with Crippen LogP contribution in [0, 0.1) is 18.7 Å². The molecule has 2 aromatic rings. The van der Waals surface area contributed by atoms with Crippen LogP contribution in [0.25, 0.3) is 0 Å². The van der Waals surface area contributed by atoms with Crippen LogP contribution in [0.4, 0.5) is 4.39 Å². The third-order valence-corrected chi connectivity index (χ3v) is 5.14. The molecule has 0 saturated carbocycles. The topological polar surface area (TPSA) is 32.8 Å². The summed E-state index contributed by atoms with van der Waals surface area (Å²) in [5.41, 5.74) is 2.95. The molecule has 29 heavy (non-hydrogen) atoms. The average molecular weight is 399 g/mol. The fourth-order valence-corrected chi connectivity index (χ4v) is 3.69. The SMILES string of the molecule is Cc1ccc(C(=O)N(CC(C)C)C[C@H]2CN(Cc3ccc(F)cc3)CCO2)cc1. The Morgan fingerprint density at radius 3 is 2.52 bits per heavy atom. The predicted molar refractivity (Wildman–Crippen MR) is 113 cm³/mol. The van der Waals surface area contributed by atoms with Gasteiger partial charge in [0.1, 0.15) is 5.82 Å². The molecule has 0 N–H and O–H groups in total. The van der Waals surface area contributed by atoms with Crippen LogP contribution >= 0.6 is 0 Å². The second-order valence-electron chi connectivity index (χ2n) is 8.32. The summed E-state index contributed by atoms with van der Waals surface area (Å²) in [7, 11) is 0. The molecule has 156 valence electrons. The van der Waals surface area contributed by atoms with Crippen LogP contribution in [0.15, 0.2) is 48.5 Å². The van der Waals surface area contributed by atoms with E-state index < -0.39 is 0 Å². The number of amides is 1. The van der Waals surface area contributed by atoms with Crippen LogP contribution in [0.2, 0.25) is 0 Å². The van der Waals surface area contributed by atoms with E-state index in [1.165, 1.54) is 12.1 Å². The summed E-state index contributed by atoms with van der Waals surface area (Å²) in [6.45, 7) is 10.5. The standard InChI is InChI=1S/C24H31FN2O2/c1-18(2)14-27(24(28)21-8-4-19(3)5-9-21)17-23-16-26(12-13-29-23)15-20-6-10-22(25)11-7-20/h4-11,18,23H,12-17H2,1-3H3/t23-/m1/s1. The van der Waals surface area contributed by atoms with E-state index in [0.29, 0.717) is 25.6 Å². The van der Waals surface area contributed by atoms with E-state index in [9.17, 15) is 9.18 Å². The first-order valence-corrected chi connectivity index (χ1v) is 10.3. The van der Waals surface area contributed by atoms with Crippen molar-refractivity contribution in [1.82, 2.24) is 9.80 Å². The van der Waals surface area contributed by atoms with Crippen molar-refractivity contribution in [3.05, 3.63) is 71.0 Å². The average Bonchev–Trinajstić information content (AvgIpc) is 2.69. The lowest BCUT2D eigenvalue weighted by molar-refractivity contribution is -0.0438. The zero-order chi connectivity index (χ0) is 20.8. The Kier molecular flexibility index (Phi) is 7.40. The number of aryl methyl sites for hydroxylation is 1.